The fraction of sp³-hybridized carbons (Fsp3) is 0.875. The first-order chi connectivity index (χ1) is 6.50. The van der Waals surface area contributed by atoms with Crippen LogP contribution in [-0.2, 0) is 4.79 Å². The van der Waals surface area contributed by atoms with Gasteiger partial charge in [0, 0.05) is 6.54 Å². The van der Waals surface area contributed by atoms with Crippen LogP contribution in [0.15, 0.2) is 0 Å². The van der Waals surface area contributed by atoms with E-state index in [0.29, 0.717) is 6.54 Å². The lowest BCUT2D eigenvalue weighted by Crippen LogP contribution is -2.42. The number of nitrogens with one attached hydrogen (secondary N) is 2. The smallest absolute Gasteiger partial charge is 0.348 e. The van der Waals surface area contributed by atoms with E-state index in [1.807, 2.05) is 5.32 Å². The largest absolute Gasteiger partial charge is 0.471 e. The SMILES string of the molecule is Cl.O=C(NC[C@@H]1CCCNC1)C(F)(F)F. The summed E-state index contributed by atoms with van der Waals surface area (Å²) >= 11 is 0. The first-order valence-corrected chi connectivity index (χ1v) is 4.56. The quantitative estimate of drug-likeness (QED) is 0.766. The molecule has 0 unspecified atom stereocenters. The minimum Gasteiger partial charge on any atom is -0.348 e. The predicted octanol–water partition coefficient (Wildman–Crippen LogP) is 1.09. The summed E-state index contributed by atoms with van der Waals surface area (Å²) in [5.41, 5.74) is 0. The van der Waals surface area contributed by atoms with Gasteiger partial charge in [-0.15, -0.1) is 12.4 Å². The van der Waals surface area contributed by atoms with Crippen LogP contribution in [-0.4, -0.2) is 31.7 Å². The molecule has 0 aliphatic carbocycles. The van der Waals surface area contributed by atoms with Crippen LogP contribution >= 0.6 is 12.4 Å². The molecule has 1 aliphatic rings. The standard InChI is InChI=1S/C8H13F3N2O.ClH/c9-8(10,11)7(14)13-5-6-2-1-3-12-4-6;/h6,12H,1-5H2,(H,13,14);1H/t6-;/m1./s1. The number of hydrogen-bond acceptors (Lipinski definition) is 2. The van der Waals surface area contributed by atoms with Crippen molar-refractivity contribution < 1.29 is 18.0 Å². The predicted molar refractivity (Wildman–Crippen MR) is 51.9 cm³/mol. The highest BCUT2D eigenvalue weighted by Gasteiger charge is 2.38. The van der Waals surface area contributed by atoms with Crippen LogP contribution in [0.25, 0.3) is 0 Å². The molecule has 15 heavy (non-hydrogen) atoms. The molecule has 1 saturated heterocycles. The first kappa shape index (κ1) is 14.5. The van der Waals surface area contributed by atoms with Gasteiger partial charge in [0.15, 0.2) is 0 Å². The van der Waals surface area contributed by atoms with Gasteiger partial charge < -0.3 is 10.6 Å². The van der Waals surface area contributed by atoms with Gasteiger partial charge in [0.25, 0.3) is 0 Å². The molecule has 1 aliphatic heterocycles. The molecule has 0 saturated carbocycles. The summed E-state index contributed by atoms with van der Waals surface area (Å²) < 4.78 is 35.3. The average molecular weight is 247 g/mol. The number of carbonyl (C=O) groups excluding carboxylic acids is 1. The van der Waals surface area contributed by atoms with Gasteiger partial charge in [-0.3, -0.25) is 4.79 Å². The number of alkyl halides is 3. The maximum absolute atomic E-state index is 11.8. The minimum absolute atomic E-state index is 0. The molecule has 1 amide bonds. The monoisotopic (exact) mass is 246 g/mol. The summed E-state index contributed by atoms with van der Waals surface area (Å²) in [7, 11) is 0. The summed E-state index contributed by atoms with van der Waals surface area (Å²) in [6, 6.07) is 0. The Morgan fingerprint density at radius 1 is 1.47 bits per heavy atom. The molecule has 90 valence electrons. The van der Waals surface area contributed by atoms with Gasteiger partial charge in [-0.2, -0.15) is 13.2 Å². The van der Waals surface area contributed by atoms with E-state index < -0.39 is 12.1 Å². The molecule has 2 N–H and O–H groups in total. The lowest BCUT2D eigenvalue weighted by atomic mass is 10.00. The second-order valence-corrected chi connectivity index (χ2v) is 3.42. The number of hydrogen-bond donors (Lipinski definition) is 2. The molecule has 0 bridgehead atoms. The summed E-state index contributed by atoms with van der Waals surface area (Å²) in [5, 5.41) is 4.95. The van der Waals surface area contributed by atoms with Crippen LogP contribution in [0.3, 0.4) is 0 Å². The first-order valence-electron chi connectivity index (χ1n) is 4.56. The Balaban J connectivity index is 0.00000196. The maximum Gasteiger partial charge on any atom is 0.471 e. The van der Waals surface area contributed by atoms with Crippen molar-refractivity contribution in [2.24, 2.45) is 5.92 Å². The van der Waals surface area contributed by atoms with Crippen molar-refractivity contribution in [3.8, 4) is 0 Å². The summed E-state index contributed by atoms with van der Waals surface area (Å²) in [6.07, 6.45) is -2.94. The highest BCUT2D eigenvalue weighted by molar-refractivity contribution is 5.85. The second-order valence-electron chi connectivity index (χ2n) is 3.42. The van der Waals surface area contributed by atoms with Crippen LogP contribution < -0.4 is 10.6 Å². The Kier molecular flexibility index (Phi) is 5.97. The Morgan fingerprint density at radius 2 is 2.13 bits per heavy atom. The zero-order valence-corrected chi connectivity index (χ0v) is 8.88. The van der Waals surface area contributed by atoms with E-state index in [9.17, 15) is 18.0 Å². The van der Waals surface area contributed by atoms with Gasteiger partial charge in [0.05, 0.1) is 0 Å². The fourth-order valence-corrected chi connectivity index (χ4v) is 1.44. The molecule has 0 radical (unpaired) electrons. The van der Waals surface area contributed by atoms with E-state index in [1.54, 1.807) is 0 Å². The zero-order chi connectivity index (χ0) is 10.6. The van der Waals surface area contributed by atoms with Gasteiger partial charge in [0.1, 0.15) is 0 Å². The van der Waals surface area contributed by atoms with Crippen LogP contribution in [0, 0.1) is 5.92 Å². The molecule has 7 heteroatoms. The van der Waals surface area contributed by atoms with Gasteiger partial charge in [-0.1, -0.05) is 0 Å². The number of piperidine rings is 1. The Hall–Kier alpha value is -0.490. The second kappa shape index (κ2) is 6.17. The van der Waals surface area contributed by atoms with Crippen molar-refractivity contribution in [2.75, 3.05) is 19.6 Å². The molecule has 1 atom stereocenters. The molecule has 0 aromatic carbocycles. The number of carbonyl (C=O) groups is 1. The number of rotatable bonds is 2. The molecule has 1 heterocycles. The van der Waals surface area contributed by atoms with Gasteiger partial charge in [-0.25, -0.2) is 0 Å². The highest BCUT2D eigenvalue weighted by atomic mass is 35.5. The van der Waals surface area contributed by atoms with E-state index >= 15 is 0 Å². The minimum atomic E-state index is -4.76. The molecule has 1 rings (SSSR count). The topological polar surface area (TPSA) is 41.1 Å². The molecule has 3 nitrogen and oxygen atoms in total. The lowest BCUT2D eigenvalue weighted by Gasteiger charge is -2.23. The van der Waals surface area contributed by atoms with E-state index in [4.69, 9.17) is 0 Å². The van der Waals surface area contributed by atoms with E-state index in [1.165, 1.54) is 0 Å². The van der Waals surface area contributed by atoms with Crippen LogP contribution in [0.1, 0.15) is 12.8 Å². The molecular formula is C8H14ClF3N2O. The van der Waals surface area contributed by atoms with Gasteiger partial charge in [0.2, 0.25) is 0 Å². The molecule has 1 fully saturated rings. The Bertz CT molecular complexity index is 205. The van der Waals surface area contributed by atoms with Crippen LogP contribution in [0.2, 0.25) is 0 Å². The fourth-order valence-electron chi connectivity index (χ4n) is 1.44. The van der Waals surface area contributed by atoms with E-state index in [2.05, 4.69) is 5.32 Å². The lowest BCUT2D eigenvalue weighted by molar-refractivity contribution is -0.173. The summed E-state index contributed by atoms with van der Waals surface area (Å²) in [5.74, 6) is -1.72. The van der Waals surface area contributed by atoms with Crippen molar-refractivity contribution in [3.63, 3.8) is 0 Å². The van der Waals surface area contributed by atoms with Crippen LogP contribution in [0.4, 0.5) is 13.2 Å². The van der Waals surface area contributed by atoms with Crippen molar-refractivity contribution in [2.45, 2.75) is 19.0 Å². The number of amides is 1. The summed E-state index contributed by atoms with van der Waals surface area (Å²) in [6.45, 7) is 1.69. The van der Waals surface area contributed by atoms with Crippen molar-refractivity contribution in [3.05, 3.63) is 0 Å². The van der Waals surface area contributed by atoms with Gasteiger partial charge >= 0.3 is 12.1 Å². The van der Waals surface area contributed by atoms with Gasteiger partial charge in [-0.05, 0) is 31.8 Å². The third-order valence-electron chi connectivity index (χ3n) is 2.21. The molecular weight excluding hydrogens is 233 g/mol. The van der Waals surface area contributed by atoms with Crippen molar-refractivity contribution in [1.29, 1.82) is 0 Å². The third-order valence-corrected chi connectivity index (χ3v) is 2.21. The highest BCUT2D eigenvalue weighted by Crippen LogP contribution is 2.15. The Labute approximate surface area is 92.2 Å². The van der Waals surface area contributed by atoms with E-state index in [-0.39, 0.29) is 24.9 Å². The average Bonchev–Trinajstić information content (AvgIpc) is 2.14. The maximum atomic E-state index is 11.8. The van der Waals surface area contributed by atoms with Crippen molar-refractivity contribution in [1.82, 2.24) is 10.6 Å². The third kappa shape index (κ3) is 5.22. The van der Waals surface area contributed by atoms with Crippen LogP contribution in [0.5, 0.6) is 0 Å². The van der Waals surface area contributed by atoms with E-state index in [0.717, 1.165) is 19.4 Å². The molecule has 0 aromatic heterocycles. The normalized spacial score (nSPS) is 21.7. The number of halogens is 4. The van der Waals surface area contributed by atoms with Crippen molar-refractivity contribution >= 4 is 18.3 Å². The molecule has 0 spiro atoms. The summed E-state index contributed by atoms with van der Waals surface area (Å²) in [4.78, 5) is 10.5. The molecule has 0 aromatic rings. The zero-order valence-electron chi connectivity index (χ0n) is 8.06. The Morgan fingerprint density at radius 3 is 2.60 bits per heavy atom.